The maximum Gasteiger partial charge on any atom is 0.329 e. The average Bonchev–Trinajstić information content (AvgIpc) is 2.87. The minimum absolute atomic E-state index is 0.0307. The van der Waals surface area contributed by atoms with E-state index in [4.69, 9.17) is 0 Å². The van der Waals surface area contributed by atoms with Gasteiger partial charge in [-0.2, -0.15) is 0 Å². The highest BCUT2D eigenvalue weighted by Crippen LogP contribution is 2.34. The molecule has 3 heterocycles. The van der Waals surface area contributed by atoms with E-state index in [1.807, 2.05) is 0 Å². The second kappa shape index (κ2) is 6.35. The van der Waals surface area contributed by atoms with Crippen molar-refractivity contribution in [1.29, 1.82) is 0 Å². The fourth-order valence-electron chi connectivity index (χ4n) is 4.21. The van der Waals surface area contributed by atoms with Gasteiger partial charge in [0.1, 0.15) is 11.9 Å². The maximum atomic E-state index is 14.7. The van der Waals surface area contributed by atoms with Gasteiger partial charge in [-0.05, 0) is 50.4 Å². The van der Waals surface area contributed by atoms with Gasteiger partial charge in [-0.3, -0.25) is 24.0 Å². The van der Waals surface area contributed by atoms with Crippen molar-refractivity contribution in [2.24, 2.45) is 7.05 Å². The van der Waals surface area contributed by atoms with Crippen LogP contribution in [0.1, 0.15) is 43.2 Å². The molecule has 2 aliphatic rings. The summed E-state index contributed by atoms with van der Waals surface area (Å²) in [7, 11) is 1.61. The number of fused-ring (bicyclic) bond motifs is 1. The first-order valence-electron chi connectivity index (χ1n) is 8.92. The van der Waals surface area contributed by atoms with Crippen molar-refractivity contribution in [3.05, 3.63) is 34.0 Å². The minimum Gasteiger partial charge on any atom is -0.317 e. The molecule has 0 aliphatic carbocycles. The molecule has 0 saturated carbocycles. The molecule has 2 N–H and O–H groups in total. The van der Waals surface area contributed by atoms with Crippen LogP contribution in [0.4, 0.5) is 4.39 Å². The Morgan fingerprint density at radius 1 is 1.12 bits per heavy atom. The molecule has 7 nitrogen and oxygen atoms in total. The summed E-state index contributed by atoms with van der Waals surface area (Å²) in [4.78, 5) is 36.6. The molecule has 2 aromatic rings. The molecular formula is C18H21FN4O3. The summed E-state index contributed by atoms with van der Waals surface area (Å²) in [5.41, 5.74) is 1.28. The lowest BCUT2D eigenvalue weighted by Crippen LogP contribution is -2.44. The summed E-state index contributed by atoms with van der Waals surface area (Å²) in [6.45, 7) is 1.62. The van der Waals surface area contributed by atoms with Crippen LogP contribution in [0.3, 0.4) is 0 Å². The molecule has 2 aliphatic heterocycles. The molecule has 2 saturated heterocycles. The third-order valence-corrected chi connectivity index (χ3v) is 5.50. The van der Waals surface area contributed by atoms with Crippen molar-refractivity contribution in [3.8, 4) is 0 Å². The molecular weight excluding hydrogens is 339 g/mol. The van der Waals surface area contributed by atoms with Crippen LogP contribution in [0.5, 0.6) is 0 Å². The number of hydrogen-bond donors (Lipinski definition) is 2. The highest BCUT2D eigenvalue weighted by molar-refractivity contribution is 6.00. The van der Waals surface area contributed by atoms with Gasteiger partial charge in [0.2, 0.25) is 11.8 Å². The predicted molar refractivity (Wildman–Crippen MR) is 93.4 cm³/mol. The Balaban J connectivity index is 1.91. The molecule has 8 heteroatoms. The summed E-state index contributed by atoms with van der Waals surface area (Å²) in [5, 5.41) is 5.55. The van der Waals surface area contributed by atoms with Crippen molar-refractivity contribution < 1.29 is 14.0 Å². The molecule has 0 spiro atoms. The highest BCUT2D eigenvalue weighted by atomic mass is 19.1. The van der Waals surface area contributed by atoms with Crippen molar-refractivity contribution in [2.45, 2.75) is 37.6 Å². The number of carbonyl (C=O) groups excluding carboxylic acids is 2. The highest BCUT2D eigenvalue weighted by Gasteiger charge is 2.33. The standard InChI is InChI=1S/C18H21FN4O3/c1-22-16-12(3-2-11(19)15(16)10-6-8-20-9-7-10)23(18(22)26)13-4-5-14(24)21-17(13)25/h2-3,10,13,20H,4-9H2,1H3,(H,21,24,25). The molecule has 0 bridgehead atoms. The lowest BCUT2D eigenvalue weighted by molar-refractivity contribution is -0.135. The van der Waals surface area contributed by atoms with Crippen LogP contribution in [0, 0.1) is 5.82 Å². The molecule has 1 aromatic heterocycles. The first kappa shape index (κ1) is 17.0. The first-order valence-corrected chi connectivity index (χ1v) is 8.92. The van der Waals surface area contributed by atoms with E-state index in [1.54, 1.807) is 13.1 Å². The van der Waals surface area contributed by atoms with Crippen LogP contribution in [-0.2, 0) is 16.6 Å². The topological polar surface area (TPSA) is 85.1 Å². The Kier molecular flexibility index (Phi) is 4.14. The van der Waals surface area contributed by atoms with Gasteiger partial charge in [0.25, 0.3) is 0 Å². The number of nitrogens with one attached hydrogen (secondary N) is 2. The monoisotopic (exact) mass is 360 g/mol. The summed E-state index contributed by atoms with van der Waals surface area (Å²) >= 11 is 0. The van der Waals surface area contributed by atoms with Gasteiger partial charge < -0.3 is 5.32 Å². The van der Waals surface area contributed by atoms with Crippen LogP contribution in [0.15, 0.2) is 16.9 Å². The van der Waals surface area contributed by atoms with Crippen LogP contribution < -0.4 is 16.3 Å². The number of carbonyl (C=O) groups is 2. The molecule has 26 heavy (non-hydrogen) atoms. The largest absolute Gasteiger partial charge is 0.329 e. The van der Waals surface area contributed by atoms with Crippen LogP contribution in [0.25, 0.3) is 11.0 Å². The van der Waals surface area contributed by atoms with Crippen molar-refractivity contribution in [1.82, 2.24) is 19.8 Å². The molecule has 1 unspecified atom stereocenters. The quantitative estimate of drug-likeness (QED) is 0.780. The van der Waals surface area contributed by atoms with E-state index < -0.39 is 11.9 Å². The predicted octanol–water partition coefficient (Wildman–Crippen LogP) is 0.924. The second-order valence-electron chi connectivity index (χ2n) is 7.03. The number of amides is 2. The van der Waals surface area contributed by atoms with E-state index >= 15 is 0 Å². The van der Waals surface area contributed by atoms with Gasteiger partial charge in [0, 0.05) is 19.0 Å². The summed E-state index contributed by atoms with van der Waals surface area (Å²) in [5.74, 6) is -1.10. The van der Waals surface area contributed by atoms with Gasteiger partial charge in [0.15, 0.2) is 0 Å². The number of rotatable bonds is 2. The summed E-state index contributed by atoms with van der Waals surface area (Å²) < 4.78 is 17.6. The number of aryl methyl sites for hydroxylation is 1. The number of imide groups is 1. The van der Waals surface area contributed by atoms with E-state index in [2.05, 4.69) is 10.6 Å². The van der Waals surface area contributed by atoms with Crippen LogP contribution in [0.2, 0.25) is 0 Å². The number of hydrogen-bond acceptors (Lipinski definition) is 4. The zero-order valence-electron chi connectivity index (χ0n) is 14.5. The maximum absolute atomic E-state index is 14.7. The smallest absolute Gasteiger partial charge is 0.317 e. The number of benzene rings is 1. The molecule has 138 valence electrons. The lowest BCUT2D eigenvalue weighted by Gasteiger charge is -2.25. The van der Waals surface area contributed by atoms with Gasteiger partial charge in [0.05, 0.1) is 11.0 Å². The van der Waals surface area contributed by atoms with Gasteiger partial charge in [-0.1, -0.05) is 0 Å². The average molecular weight is 360 g/mol. The Labute approximate surface area is 149 Å². The van der Waals surface area contributed by atoms with E-state index in [0.717, 1.165) is 25.9 Å². The number of imidazole rings is 1. The van der Waals surface area contributed by atoms with E-state index in [-0.39, 0.29) is 36.2 Å². The number of aromatic nitrogens is 2. The molecule has 2 amide bonds. The molecule has 2 fully saturated rings. The van der Waals surface area contributed by atoms with Crippen LogP contribution >= 0.6 is 0 Å². The third-order valence-electron chi connectivity index (χ3n) is 5.50. The van der Waals surface area contributed by atoms with Gasteiger partial charge in [-0.25, -0.2) is 9.18 Å². The Morgan fingerprint density at radius 2 is 1.85 bits per heavy atom. The zero-order valence-corrected chi connectivity index (χ0v) is 14.5. The van der Waals surface area contributed by atoms with Crippen LogP contribution in [-0.4, -0.2) is 34.0 Å². The van der Waals surface area contributed by atoms with Gasteiger partial charge >= 0.3 is 5.69 Å². The summed E-state index contributed by atoms with van der Waals surface area (Å²) in [6, 6.07) is 2.18. The van der Waals surface area contributed by atoms with E-state index in [1.165, 1.54) is 15.2 Å². The number of nitrogens with zero attached hydrogens (tertiary/aromatic N) is 2. The van der Waals surface area contributed by atoms with E-state index in [9.17, 15) is 18.8 Å². The molecule has 4 rings (SSSR count). The fraction of sp³-hybridized carbons (Fsp3) is 0.500. The molecule has 0 radical (unpaired) electrons. The fourth-order valence-corrected chi connectivity index (χ4v) is 4.21. The first-order chi connectivity index (χ1) is 12.5. The van der Waals surface area contributed by atoms with Crippen molar-refractivity contribution >= 4 is 22.8 Å². The Bertz CT molecular complexity index is 955. The number of halogens is 1. The van der Waals surface area contributed by atoms with E-state index in [0.29, 0.717) is 16.6 Å². The van der Waals surface area contributed by atoms with Crippen molar-refractivity contribution in [2.75, 3.05) is 13.1 Å². The Morgan fingerprint density at radius 3 is 2.54 bits per heavy atom. The lowest BCUT2D eigenvalue weighted by atomic mass is 9.89. The van der Waals surface area contributed by atoms with Crippen molar-refractivity contribution in [3.63, 3.8) is 0 Å². The molecule has 1 aromatic carbocycles. The minimum atomic E-state index is -0.754. The second-order valence-corrected chi connectivity index (χ2v) is 7.03. The van der Waals surface area contributed by atoms with Gasteiger partial charge in [-0.15, -0.1) is 0 Å². The normalized spacial score (nSPS) is 22.0. The number of piperidine rings is 2. The zero-order chi connectivity index (χ0) is 18.4. The summed E-state index contributed by atoms with van der Waals surface area (Å²) in [6.07, 6.45) is 2.05. The SMILES string of the molecule is Cn1c(=O)n(C2CCC(=O)NC2=O)c2ccc(F)c(C3CCNCC3)c21. The Hall–Kier alpha value is -2.48. The third kappa shape index (κ3) is 2.56. The molecule has 1 atom stereocenters.